The van der Waals surface area contributed by atoms with Crippen molar-refractivity contribution in [3.63, 3.8) is 0 Å². The standard InChI is InChI=1S/C20H34N4/c1-4-21-20(22-12-11-17(2)3)23-15-18-7-9-19(10-8-18)16-24-13-5-6-14-24/h7-10,17H,4-6,11-16H2,1-3H3,(H2,21,22,23). The summed E-state index contributed by atoms with van der Waals surface area (Å²) in [5, 5.41) is 6.73. The van der Waals surface area contributed by atoms with E-state index in [1.807, 2.05) is 0 Å². The van der Waals surface area contributed by atoms with Crippen LogP contribution < -0.4 is 10.6 Å². The zero-order valence-electron chi connectivity index (χ0n) is 15.6. The summed E-state index contributed by atoms with van der Waals surface area (Å²) in [6.45, 7) is 12.8. The van der Waals surface area contributed by atoms with Gasteiger partial charge in [0.05, 0.1) is 6.54 Å². The summed E-state index contributed by atoms with van der Waals surface area (Å²) in [5.41, 5.74) is 2.67. The molecule has 134 valence electrons. The van der Waals surface area contributed by atoms with Gasteiger partial charge in [-0.3, -0.25) is 4.90 Å². The van der Waals surface area contributed by atoms with Gasteiger partial charge in [0, 0.05) is 19.6 Å². The van der Waals surface area contributed by atoms with Crippen LogP contribution in [-0.4, -0.2) is 37.0 Å². The number of guanidine groups is 1. The summed E-state index contributed by atoms with van der Waals surface area (Å²) in [7, 11) is 0. The number of benzene rings is 1. The lowest BCUT2D eigenvalue weighted by Gasteiger charge is -2.14. The average molecular weight is 331 g/mol. The minimum Gasteiger partial charge on any atom is -0.357 e. The molecule has 1 aromatic carbocycles. The van der Waals surface area contributed by atoms with Gasteiger partial charge < -0.3 is 10.6 Å². The molecule has 1 saturated heterocycles. The van der Waals surface area contributed by atoms with E-state index in [0.717, 1.165) is 38.6 Å². The van der Waals surface area contributed by atoms with Gasteiger partial charge in [-0.1, -0.05) is 38.1 Å². The zero-order valence-corrected chi connectivity index (χ0v) is 15.6. The first-order chi connectivity index (χ1) is 11.7. The van der Waals surface area contributed by atoms with E-state index >= 15 is 0 Å². The highest BCUT2D eigenvalue weighted by atomic mass is 15.2. The summed E-state index contributed by atoms with van der Waals surface area (Å²) in [4.78, 5) is 7.23. The predicted molar refractivity (Wildman–Crippen MR) is 103 cm³/mol. The molecular weight excluding hydrogens is 296 g/mol. The molecule has 0 spiro atoms. The first-order valence-electron chi connectivity index (χ1n) is 9.49. The normalized spacial score (nSPS) is 15.9. The van der Waals surface area contributed by atoms with Crippen molar-refractivity contribution in [1.82, 2.24) is 15.5 Å². The minimum absolute atomic E-state index is 0.712. The Hall–Kier alpha value is -1.55. The van der Waals surface area contributed by atoms with Crippen LogP contribution in [0.2, 0.25) is 0 Å². The molecule has 1 heterocycles. The Morgan fingerprint density at radius 2 is 1.75 bits per heavy atom. The maximum atomic E-state index is 4.70. The van der Waals surface area contributed by atoms with E-state index in [-0.39, 0.29) is 0 Å². The van der Waals surface area contributed by atoms with Crippen LogP contribution in [0.5, 0.6) is 0 Å². The number of aliphatic imine (C=N–C) groups is 1. The van der Waals surface area contributed by atoms with E-state index in [1.165, 1.54) is 37.1 Å². The molecule has 1 fully saturated rings. The average Bonchev–Trinajstić information content (AvgIpc) is 3.06. The number of nitrogens with one attached hydrogen (secondary N) is 2. The van der Waals surface area contributed by atoms with Gasteiger partial charge in [0.1, 0.15) is 0 Å². The van der Waals surface area contributed by atoms with Gasteiger partial charge in [-0.25, -0.2) is 4.99 Å². The summed E-state index contributed by atoms with van der Waals surface area (Å²) in [5.74, 6) is 1.63. The molecule has 4 heteroatoms. The Morgan fingerprint density at radius 3 is 2.38 bits per heavy atom. The summed E-state index contributed by atoms with van der Waals surface area (Å²) in [6, 6.07) is 8.93. The van der Waals surface area contributed by atoms with E-state index in [1.54, 1.807) is 0 Å². The van der Waals surface area contributed by atoms with E-state index < -0.39 is 0 Å². The molecule has 0 aliphatic carbocycles. The maximum absolute atomic E-state index is 4.70. The number of nitrogens with zero attached hydrogens (tertiary/aromatic N) is 2. The Balaban J connectivity index is 1.83. The Bertz CT molecular complexity index is 487. The van der Waals surface area contributed by atoms with Crippen molar-refractivity contribution in [3.05, 3.63) is 35.4 Å². The van der Waals surface area contributed by atoms with Crippen molar-refractivity contribution in [2.45, 2.75) is 53.1 Å². The fourth-order valence-corrected chi connectivity index (χ4v) is 2.94. The van der Waals surface area contributed by atoms with E-state index in [9.17, 15) is 0 Å². The lowest BCUT2D eigenvalue weighted by Crippen LogP contribution is -2.38. The van der Waals surface area contributed by atoms with Gasteiger partial charge in [0.15, 0.2) is 5.96 Å². The van der Waals surface area contributed by atoms with E-state index in [2.05, 4.69) is 60.6 Å². The lowest BCUT2D eigenvalue weighted by atomic mass is 10.1. The first kappa shape index (κ1) is 18.8. The Kier molecular flexibility index (Phi) is 8.10. The monoisotopic (exact) mass is 330 g/mol. The molecular formula is C20H34N4. The third kappa shape index (κ3) is 6.91. The number of rotatable bonds is 8. The number of likely N-dealkylation sites (tertiary alicyclic amines) is 1. The first-order valence-corrected chi connectivity index (χ1v) is 9.49. The van der Waals surface area contributed by atoms with Gasteiger partial charge in [0.25, 0.3) is 0 Å². The third-order valence-corrected chi connectivity index (χ3v) is 4.41. The quantitative estimate of drug-likeness (QED) is 0.567. The van der Waals surface area contributed by atoms with Crippen molar-refractivity contribution in [1.29, 1.82) is 0 Å². The molecule has 2 rings (SSSR count). The van der Waals surface area contributed by atoms with Crippen LogP contribution in [0.15, 0.2) is 29.3 Å². The van der Waals surface area contributed by atoms with Crippen LogP contribution in [0.4, 0.5) is 0 Å². The molecule has 1 aliphatic heterocycles. The SMILES string of the molecule is CCNC(=NCc1ccc(CN2CCCC2)cc1)NCCC(C)C. The third-order valence-electron chi connectivity index (χ3n) is 4.41. The van der Waals surface area contributed by atoms with Gasteiger partial charge in [-0.05, 0) is 56.3 Å². The highest BCUT2D eigenvalue weighted by molar-refractivity contribution is 5.79. The minimum atomic E-state index is 0.712. The molecule has 4 nitrogen and oxygen atoms in total. The van der Waals surface area contributed by atoms with Crippen LogP contribution in [-0.2, 0) is 13.1 Å². The van der Waals surface area contributed by atoms with Crippen molar-refractivity contribution in [2.24, 2.45) is 10.9 Å². The van der Waals surface area contributed by atoms with Crippen molar-refractivity contribution < 1.29 is 0 Å². The van der Waals surface area contributed by atoms with Crippen LogP contribution in [0, 0.1) is 5.92 Å². The fourth-order valence-electron chi connectivity index (χ4n) is 2.94. The molecule has 0 radical (unpaired) electrons. The molecule has 0 aromatic heterocycles. The summed E-state index contributed by atoms with van der Waals surface area (Å²) < 4.78 is 0. The van der Waals surface area contributed by atoms with E-state index in [0.29, 0.717) is 5.92 Å². The molecule has 0 bridgehead atoms. The predicted octanol–water partition coefficient (Wildman–Crippen LogP) is 3.38. The fraction of sp³-hybridized carbons (Fsp3) is 0.650. The van der Waals surface area contributed by atoms with Gasteiger partial charge in [0.2, 0.25) is 0 Å². The van der Waals surface area contributed by atoms with Gasteiger partial charge in [-0.15, -0.1) is 0 Å². The Labute approximate surface area is 147 Å². The van der Waals surface area contributed by atoms with E-state index in [4.69, 9.17) is 4.99 Å². The highest BCUT2D eigenvalue weighted by Gasteiger charge is 2.11. The smallest absolute Gasteiger partial charge is 0.191 e. The second-order valence-corrected chi connectivity index (χ2v) is 7.10. The molecule has 0 amide bonds. The summed E-state index contributed by atoms with van der Waals surface area (Å²) >= 11 is 0. The zero-order chi connectivity index (χ0) is 17.2. The van der Waals surface area contributed by atoms with Crippen LogP contribution in [0.3, 0.4) is 0 Å². The lowest BCUT2D eigenvalue weighted by molar-refractivity contribution is 0.331. The van der Waals surface area contributed by atoms with Crippen molar-refractivity contribution in [2.75, 3.05) is 26.2 Å². The molecule has 24 heavy (non-hydrogen) atoms. The Morgan fingerprint density at radius 1 is 1.08 bits per heavy atom. The topological polar surface area (TPSA) is 39.7 Å². The number of hydrogen-bond acceptors (Lipinski definition) is 2. The molecule has 0 saturated carbocycles. The maximum Gasteiger partial charge on any atom is 0.191 e. The molecule has 0 unspecified atom stereocenters. The second kappa shape index (κ2) is 10.3. The van der Waals surface area contributed by atoms with Gasteiger partial charge >= 0.3 is 0 Å². The highest BCUT2D eigenvalue weighted by Crippen LogP contribution is 2.13. The van der Waals surface area contributed by atoms with Crippen molar-refractivity contribution in [3.8, 4) is 0 Å². The molecule has 0 atom stereocenters. The van der Waals surface area contributed by atoms with Crippen LogP contribution in [0.1, 0.15) is 51.2 Å². The second-order valence-electron chi connectivity index (χ2n) is 7.10. The summed E-state index contributed by atoms with van der Waals surface area (Å²) in [6.07, 6.45) is 3.86. The largest absolute Gasteiger partial charge is 0.357 e. The molecule has 2 N–H and O–H groups in total. The van der Waals surface area contributed by atoms with Crippen LogP contribution >= 0.6 is 0 Å². The molecule has 1 aliphatic rings. The van der Waals surface area contributed by atoms with Crippen molar-refractivity contribution >= 4 is 5.96 Å². The van der Waals surface area contributed by atoms with Gasteiger partial charge in [-0.2, -0.15) is 0 Å². The van der Waals surface area contributed by atoms with Crippen LogP contribution in [0.25, 0.3) is 0 Å². The number of hydrogen-bond donors (Lipinski definition) is 2. The molecule has 1 aromatic rings.